The van der Waals surface area contributed by atoms with E-state index >= 15 is 0 Å². The van der Waals surface area contributed by atoms with Crippen LogP contribution in [-0.2, 0) is 6.42 Å². The molecular formula is C12H13N3OS. The molecule has 2 aromatic rings. The van der Waals surface area contributed by atoms with Crippen LogP contribution in [0.15, 0.2) is 30.0 Å². The van der Waals surface area contributed by atoms with Gasteiger partial charge < -0.3 is 5.32 Å². The normalized spacial score (nSPS) is 10.2. The van der Waals surface area contributed by atoms with Crippen molar-refractivity contribution in [3.8, 4) is 0 Å². The Morgan fingerprint density at radius 1 is 1.41 bits per heavy atom. The monoisotopic (exact) mass is 247 g/mol. The Labute approximate surface area is 104 Å². The molecule has 0 aliphatic carbocycles. The van der Waals surface area contributed by atoms with Crippen LogP contribution in [0.3, 0.4) is 0 Å². The lowest BCUT2D eigenvalue weighted by Crippen LogP contribution is -2.25. The maximum absolute atomic E-state index is 11.7. The number of aromatic nitrogens is 2. The Balaban J connectivity index is 1.84. The van der Waals surface area contributed by atoms with Crippen molar-refractivity contribution in [3.05, 3.63) is 46.2 Å². The van der Waals surface area contributed by atoms with Crippen LogP contribution >= 0.6 is 11.3 Å². The average molecular weight is 247 g/mol. The number of hydrogen-bond donors (Lipinski definition) is 1. The summed E-state index contributed by atoms with van der Waals surface area (Å²) in [5, 5.41) is 2.88. The molecule has 88 valence electrons. The van der Waals surface area contributed by atoms with E-state index in [1.54, 1.807) is 35.9 Å². The van der Waals surface area contributed by atoms with Gasteiger partial charge in [0.1, 0.15) is 0 Å². The molecule has 2 aromatic heterocycles. The van der Waals surface area contributed by atoms with Crippen LogP contribution in [0.5, 0.6) is 0 Å². The van der Waals surface area contributed by atoms with Crippen molar-refractivity contribution >= 4 is 17.2 Å². The van der Waals surface area contributed by atoms with Crippen LogP contribution in [0.25, 0.3) is 0 Å². The van der Waals surface area contributed by atoms with Gasteiger partial charge in [0.15, 0.2) is 0 Å². The molecule has 1 amide bonds. The smallest absolute Gasteiger partial charge is 0.251 e. The van der Waals surface area contributed by atoms with E-state index in [1.165, 1.54) is 4.88 Å². The van der Waals surface area contributed by atoms with E-state index in [0.29, 0.717) is 12.1 Å². The molecule has 0 unspecified atom stereocenters. The molecule has 2 rings (SSSR count). The highest BCUT2D eigenvalue weighted by atomic mass is 32.1. The zero-order valence-electron chi connectivity index (χ0n) is 9.51. The third-order valence-electron chi connectivity index (χ3n) is 2.42. The number of aryl methyl sites for hydroxylation is 1. The van der Waals surface area contributed by atoms with Gasteiger partial charge in [0.2, 0.25) is 0 Å². The zero-order chi connectivity index (χ0) is 12.1. The number of nitrogens with zero attached hydrogens (tertiary/aromatic N) is 2. The number of hydrogen-bond acceptors (Lipinski definition) is 4. The minimum absolute atomic E-state index is 0.0606. The molecule has 0 aliphatic heterocycles. The lowest BCUT2D eigenvalue weighted by atomic mass is 10.2. The molecule has 0 atom stereocenters. The van der Waals surface area contributed by atoms with Crippen molar-refractivity contribution in [1.29, 1.82) is 0 Å². The molecule has 0 aliphatic rings. The second-order valence-electron chi connectivity index (χ2n) is 3.60. The maximum atomic E-state index is 11.7. The molecule has 0 bridgehead atoms. The van der Waals surface area contributed by atoms with Gasteiger partial charge in [-0.15, -0.1) is 11.3 Å². The molecule has 0 fully saturated rings. The molecule has 0 radical (unpaired) electrons. The molecule has 0 saturated heterocycles. The fraction of sp³-hybridized carbons (Fsp3) is 0.250. The highest BCUT2D eigenvalue weighted by molar-refractivity contribution is 7.09. The van der Waals surface area contributed by atoms with Gasteiger partial charge in [-0.3, -0.25) is 9.78 Å². The van der Waals surface area contributed by atoms with E-state index in [-0.39, 0.29) is 5.91 Å². The predicted octanol–water partition coefficient (Wildman–Crippen LogP) is 1.82. The van der Waals surface area contributed by atoms with Gasteiger partial charge in [-0.05, 0) is 19.1 Å². The van der Waals surface area contributed by atoms with E-state index in [2.05, 4.69) is 15.3 Å². The van der Waals surface area contributed by atoms with Crippen molar-refractivity contribution in [2.45, 2.75) is 13.3 Å². The van der Waals surface area contributed by atoms with Crippen molar-refractivity contribution in [3.63, 3.8) is 0 Å². The average Bonchev–Trinajstić information content (AvgIpc) is 2.76. The summed E-state index contributed by atoms with van der Waals surface area (Å²) < 4.78 is 0. The third kappa shape index (κ3) is 3.10. The lowest BCUT2D eigenvalue weighted by molar-refractivity contribution is 0.0954. The van der Waals surface area contributed by atoms with Crippen molar-refractivity contribution in [1.82, 2.24) is 15.3 Å². The van der Waals surface area contributed by atoms with Crippen LogP contribution in [0.2, 0.25) is 0 Å². The van der Waals surface area contributed by atoms with Gasteiger partial charge in [-0.1, -0.05) is 0 Å². The summed E-state index contributed by atoms with van der Waals surface area (Å²) in [6.45, 7) is 2.61. The number of carbonyl (C=O) groups is 1. The van der Waals surface area contributed by atoms with Crippen LogP contribution in [-0.4, -0.2) is 22.4 Å². The second-order valence-corrected chi connectivity index (χ2v) is 4.54. The third-order valence-corrected chi connectivity index (χ3v) is 3.42. The summed E-state index contributed by atoms with van der Waals surface area (Å²) in [6, 6.07) is 3.40. The number of carbonyl (C=O) groups excluding carboxylic acids is 1. The zero-order valence-corrected chi connectivity index (χ0v) is 10.3. The van der Waals surface area contributed by atoms with Crippen LogP contribution < -0.4 is 5.32 Å². The van der Waals surface area contributed by atoms with Gasteiger partial charge in [-0.2, -0.15) is 0 Å². The highest BCUT2D eigenvalue weighted by Gasteiger charge is 2.05. The summed E-state index contributed by atoms with van der Waals surface area (Å²) in [4.78, 5) is 21.0. The van der Waals surface area contributed by atoms with E-state index in [0.717, 1.165) is 12.1 Å². The molecular weight excluding hydrogens is 234 g/mol. The van der Waals surface area contributed by atoms with Crippen LogP contribution in [0.1, 0.15) is 20.9 Å². The summed E-state index contributed by atoms with van der Waals surface area (Å²) in [6.07, 6.45) is 4.05. The van der Waals surface area contributed by atoms with E-state index in [9.17, 15) is 4.79 Å². The fourth-order valence-corrected chi connectivity index (χ4v) is 2.24. The first-order chi connectivity index (χ1) is 8.27. The first-order valence-electron chi connectivity index (χ1n) is 5.34. The minimum atomic E-state index is -0.0606. The molecule has 0 saturated carbocycles. The minimum Gasteiger partial charge on any atom is -0.352 e. The van der Waals surface area contributed by atoms with Crippen LogP contribution in [0.4, 0.5) is 0 Å². The summed E-state index contributed by atoms with van der Waals surface area (Å²) >= 11 is 1.62. The number of thiazole rings is 1. The maximum Gasteiger partial charge on any atom is 0.251 e. The molecule has 5 heteroatoms. The SMILES string of the molecule is Cc1ncsc1CCNC(=O)c1ccncc1. The first kappa shape index (κ1) is 11.7. The Morgan fingerprint density at radius 2 is 2.18 bits per heavy atom. The first-order valence-corrected chi connectivity index (χ1v) is 6.22. The summed E-state index contributed by atoms with van der Waals surface area (Å²) in [7, 11) is 0. The molecule has 17 heavy (non-hydrogen) atoms. The molecule has 0 spiro atoms. The van der Waals surface area contributed by atoms with Gasteiger partial charge in [0.25, 0.3) is 5.91 Å². The Hall–Kier alpha value is -1.75. The molecule has 2 heterocycles. The Morgan fingerprint density at radius 3 is 2.82 bits per heavy atom. The van der Waals surface area contributed by atoms with Gasteiger partial charge in [0, 0.05) is 35.8 Å². The largest absolute Gasteiger partial charge is 0.352 e. The summed E-state index contributed by atoms with van der Waals surface area (Å²) in [5.74, 6) is -0.0606. The number of pyridine rings is 1. The predicted molar refractivity (Wildman–Crippen MR) is 67.1 cm³/mol. The van der Waals surface area contributed by atoms with Crippen molar-refractivity contribution in [2.75, 3.05) is 6.54 Å². The Kier molecular flexibility index (Phi) is 3.82. The van der Waals surface area contributed by atoms with Gasteiger partial charge >= 0.3 is 0 Å². The molecule has 4 nitrogen and oxygen atoms in total. The summed E-state index contributed by atoms with van der Waals surface area (Å²) in [5.41, 5.74) is 3.52. The number of amides is 1. The number of rotatable bonds is 4. The van der Waals surface area contributed by atoms with Crippen molar-refractivity contribution < 1.29 is 4.79 Å². The molecule has 0 aromatic carbocycles. The number of nitrogens with one attached hydrogen (secondary N) is 1. The van der Waals surface area contributed by atoms with E-state index < -0.39 is 0 Å². The van der Waals surface area contributed by atoms with Gasteiger partial charge in [-0.25, -0.2) is 4.98 Å². The van der Waals surface area contributed by atoms with E-state index in [1.807, 2.05) is 12.4 Å². The molecule has 1 N–H and O–H groups in total. The fourth-order valence-electron chi connectivity index (χ4n) is 1.46. The van der Waals surface area contributed by atoms with Gasteiger partial charge in [0.05, 0.1) is 11.2 Å². The second kappa shape index (κ2) is 5.54. The quantitative estimate of drug-likeness (QED) is 0.896. The lowest BCUT2D eigenvalue weighted by Gasteiger charge is -2.04. The van der Waals surface area contributed by atoms with Crippen molar-refractivity contribution in [2.24, 2.45) is 0 Å². The topological polar surface area (TPSA) is 54.9 Å². The van der Waals surface area contributed by atoms with E-state index in [4.69, 9.17) is 0 Å². The standard InChI is InChI=1S/C12H13N3OS/c1-9-11(17-8-15-9)4-7-14-12(16)10-2-5-13-6-3-10/h2-3,5-6,8H,4,7H2,1H3,(H,14,16). The van der Waals surface area contributed by atoms with Crippen LogP contribution in [0, 0.1) is 6.92 Å². The highest BCUT2D eigenvalue weighted by Crippen LogP contribution is 2.11. The Bertz CT molecular complexity index is 495.